The Morgan fingerprint density at radius 3 is 2.89 bits per heavy atom. The van der Waals surface area contributed by atoms with Gasteiger partial charge in [0, 0.05) is 17.5 Å². The molecule has 18 heavy (non-hydrogen) atoms. The van der Waals surface area contributed by atoms with Gasteiger partial charge in [0.1, 0.15) is 0 Å². The molecule has 0 spiro atoms. The number of hydrogen-bond acceptors (Lipinski definition) is 4. The summed E-state index contributed by atoms with van der Waals surface area (Å²) in [6.45, 7) is 5.97. The van der Waals surface area contributed by atoms with Crippen molar-refractivity contribution in [1.82, 2.24) is 5.32 Å². The summed E-state index contributed by atoms with van der Waals surface area (Å²) in [5.41, 5.74) is 0. The van der Waals surface area contributed by atoms with Gasteiger partial charge < -0.3 is 15.2 Å². The number of rotatable bonds is 10. The minimum atomic E-state index is -0.420. The predicted molar refractivity (Wildman–Crippen MR) is 77.0 cm³/mol. The normalized spacial score (nSPS) is 14.6. The van der Waals surface area contributed by atoms with Crippen molar-refractivity contribution < 1.29 is 9.84 Å². The van der Waals surface area contributed by atoms with Gasteiger partial charge in [0.25, 0.3) is 0 Å². The van der Waals surface area contributed by atoms with Crippen molar-refractivity contribution in [2.24, 2.45) is 0 Å². The van der Waals surface area contributed by atoms with Gasteiger partial charge in [-0.05, 0) is 24.3 Å². The zero-order valence-electron chi connectivity index (χ0n) is 11.4. The van der Waals surface area contributed by atoms with Gasteiger partial charge in [-0.15, -0.1) is 11.3 Å². The Morgan fingerprint density at radius 2 is 2.28 bits per heavy atom. The third-order valence-corrected chi connectivity index (χ3v) is 3.76. The van der Waals surface area contributed by atoms with E-state index in [0.29, 0.717) is 25.8 Å². The van der Waals surface area contributed by atoms with Gasteiger partial charge in [0.05, 0.1) is 19.3 Å². The second-order valence-corrected chi connectivity index (χ2v) is 5.58. The SMILES string of the molecule is CCCC(CC)NCC(O)COCc1cccs1. The van der Waals surface area contributed by atoms with E-state index in [0.717, 1.165) is 6.42 Å². The monoisotopic (exact) mass is 271 g/mol. The van der Waals surface area contributed by atoms with Crippen molar-refractivity contribution in [3.63, 3.8) is 0 Å². The van der Waals surface area contributed by atoms with Crippen molar-refractivity contribution in [3.05, 3.63) is 22.4 Å². The molecular weight excluding hydrogens is 246 g/mol. The highest BCUT2D eigenvalue weighted by Gasteiger charge is 2.09. The van der Waals surface area contributed by atoms with Crippen molar-refractivity contribution in [2.45, 2.75) is 51.9 Å². The van der Waals surface area contributed by atoms with Gasteiger partial charge >= 0.3 is 0 Å². The van der Waals surface area contributed by atoms with Gasteiger partial charge in [-0.25, -0.2) is 0 Å². The average molecular weight is 271 g/mol. The molecule has 1 aromatic rings. The molecule has 1 heterocycles. The molecule has 0 fully saturated rings. The van der Waals surface area contributed by atoms with Crippen LogP contribution in [0.2, 0.25) is 0 Å². The summed E-state index contributed by atoms with van der Waals surface area (Å²) in [6.07, 6.45) is 3.03. The number of thiophene rings is 1. The van der Waals surface area contributed by atoms with E-state index in [4.69, 9.17) is 4.74 Å². The lowest BCUT2D eigenvalue weighted by Crippen LogP contribution is -2.37. The summed E-state index contributed by atoms with van der Waals surface area (Å²) >= 11 is 1.68. The number of nitrogens with one attached hydrogen (secondary N) is 1. The van der Waals surface area contributed by atoms with Crippen LogP contribution in [-0.2, 0) is 11.3 Å². The lowest BCUT2D eigenvalue weighted by Gasteiger charge is -2.18. The lowest BCUT2D eigenvalue weighted by molar-refractivity contribution is 0.0284. The fraction of sp³-hybridized carbons (Fsp3) is 0.714. The molecule has 0 saturated heterocycles. The van der Waals surface area contributed by atoms with Gasteiger partial charge in [0.15, 0.2) is 0 Å². The molecule has 0 aliphatic heterocycles. The van der Waals surface area contributed by atoms with Crippen LogP contribution < -0.4 is 5.32 Å². The van der Waals surface area contributed by atoms with Crippen LogP contribution in [0.3, 0.4) is 0 Å². The minimum absolute atomic E-state index is 0.396. The van der Waals surface area contributed by atoms with Crippen LogP contribution in [-0.4, -0.2) is 30.4 Å². The average Bonchev–Trinajstić information content (AvgIpc) is 2.87. The summed E-state index contributed by atoms with van der Waals surface area (Å²) in [6, 6.07) is 4.57. The second-order valence-electron chi connectivity index (χ2n) is 4.55. The molecule has 4 heteroatoms. The number of hydrogen-bond donors (Lipinski definition) is 2. The molecule has 1 rings (SSSR count). The first kappa shape index (κ1) is 15.6. The molecule has 0 saturated carbocycles. The van der Waals surface area contributed by atoms with E-state index in [2.05, 4.69) is 19.2 Å². The van der Waals surface area contributed by atoms with Gasteiger partial charge in [-0.3, -0.25) is 0 Å². The summed E-state index contributed by atoms with van der Waals surface area (Å²) in [5.74, 6) is 0. The Hall–Kier alpha value is -0.420. The third kappa shape index (κ3) is 6.50. The molecule has 1 aromatic heterocycles. The largest absolute Gasteiger partial charge is 0.389 e. The van der Waals surface area contributed by atoms with E-state index < -0.39 is 6.10 Å². The smallest absolute Gasteiger partial charge is 0.0897 e. The van der Waals surface area contributed by atoms with Gasteiger partial charge in [0.2, 0.25) is 0 Å². The fourth-order valence-corrected chi connectivity index (χ4v) is 2.49. The highest BCUT2D eigenvalue weighted by Crippen LogP contribution is 2.09. The zero-order valence-corrected chi connectivity index (χ0v) is 12.2. The first-order chi connectivity index (χ1) is 8.76. The standard InChI is InChI=1S/C14H25NO2S/c1-3-6-12(4-2)15-9-13(16)10-17-11-14-7-5-8-18-14/h5,7-8,12-13,15-16H,3-4,6,9-11H2,1-2H3. The molecule has 2 unspecified atom stereocenters. The quantitative estimate of drug-likeness (QED) is 0.687. The summed E-state index contributed by atoms with van der Waals surface area (Å²) in [5, 5.41) is 15.2. The Kier molecular flexibility index (Phi) is 8.25. The van der Waals surface area contributed by atoms with E-state index in [9.17, 15) is 5.11 Å². The van der Waals surface area contributed by atoms with E-state index >= 15 is 0 Å². The van der Waals surface area contributed by atoms with E-state index in [1.165, 1.54) is 17.7 Å². The maximum absolute atomic E-state index is 9.81. The highest BCUT2D eigenvalue weighted by atomic mass is 32.1. The van der Waals surface area contributed by atoms with Crippen LogP contribution in [0.4, 0.5) is 0 Å². The molecule has 0 aliphatic rings. The number of aliphatic hydroxyl groups excluding tert-OH is 1. The van der Waals surface area contributed by atoms with E-state index in [-0.39, 0.29) is 0 Å². The van der Waals surface area contributed by atoms with Crippen LogP contribution >= 0.6 is 11.3 Å². The van der Waals surface area contributed by atoms with Crippen LogP contribution in [0.15, 0.2) is 17.5 Å². The molecule has 0 bridgehead atoms. The molecule has 0 radical (unpaired) electrons. The molecule has 0 aliphatic carbocycles. The third-order valence-electron chi connectivity index (χ3n) is 2.91. The molecule has 3 nitrogen and oxygen atoms in total. The van der Waals surface area contributed by atoms with Gasteiger partial charge in [-0.2, -0.15) is 0 Å². The van der Waals surface area contributed by atoms with Gasteiger partial charge in [-0.1, -0.05) is 26.3 Å². The molecule has 0 aromatic carbocycles. The van der Waals surface area contributed by atoms with Crippen LogP contribution in [0, 0.1) is 0 Å². The first-order valence-electron chi connectivity index (χ1n) is 6.77. The molecule has 2 atom stereocenters. The maximum Gasteiger partial charge on any atom is 0.0897 e. The van der Waals surface area contributed by atoms with Crippen LogP contribution in [0.1, 0.15) is 38.0 Å². The summed E-state index contributed by atoms with van der Waals surface area (Å²) in [4.78, 5) is 1.20. The Bertz CT molecular complexity index is 290. The predicted octanol–water partition coefficient (Wildman–Crippen LogP) is 2.79. The molecule has 0 amide bonds. The molecule has 2 N–H and O–H groups in total. The van der Waals surface area contributed by atoms with E-state index in [1.54, 1.807) is 11.3 Å². The molecular formula is C14H25NO2S. The Labute approximate surface area is 114 Å². The number of aliphatic hydroxyl groups is 1. The summed E-state index contributed by atoms with van der Waals surface area (Å²) < 4.78 is 5.49. The van der Waals surface area contributed by atoms with Crippen LogP contribution in [0.25, 0.3) is 0 Å². The Balaban J connectivity index is 2.07. The fourth-order valence-electron chi connectivity index (χ4n) is 1.85. The first-order valence-corrected chi connectivity index (χ1v) is 7.65. The van der Waals surface area contributed by atoms with Crippen molar-refractivity contribution in [3.8, 4) is 0 Å². The zero-order chi connectivity index (χ0) is 13.2. The van der Waals surface area contributed by atoms with E-state index in [1.807, 2.05) is 17.5 Å². The summed E-state index contributed by atoms with van der Waals surface area (Å²) in [7, 11) is 0. The second kappa shape index (κ2) is 9.50. The van der Waals surface area contributed by atoms with Crippen molar-refractivity contribution in [2.75, 3.05) is 13.2 Å². The number of ether oxygens (including phenoxy) is 1. The van der Waals surface area contributed by atoms with Crippen molar-refractivity contribution >= 4 is 11.3 Å². The molecule has 104 valence electrons. The lowest BCUT2D eigenvalue weighted by atomic mass is 10.1. The van der Waals surface area contributed by atoms with Crippen LogP contribution in [0.5, 0.6) is 0 Å². The minimum Gasteiger partial charge on any atom is -0.389 e. The highest BCUT2D eigenvalue weighted by molar-refractivity contribution is 7.09. The van der Waals surface area contributed by atoms with Crippen molar-refractivity contribution in [1.29, 1.82) is 0 Å². The maximum atomic E-state index is 9.81. The topological polar surface area (TPSA) is 41.5 Å². The Morgan fingerprint density at radius 1 is 1.44 bits per heavy atom.